The van der Waals surface area contributed by atoms with Gasteiger partial charge in [-0.15, -0.1) is 11.3 Å². The number of hydrogen-bond donors (Lipinski definition) is 1. The van der Waals surface area contributed by atoms with Crippen molar-refractivity contribution < 1.29 is 4.52 Å². The minimum absolute atomic E-state index is 0.310. The van der Waals surface area contributed by atoms with Crippen LogP contribution in [0.15, 0.2) is 38.9 Å². The lowest BCUT2D eigenvalue weighted by Crippen LogP contribution is -1.87. The topological polar surface area (TPSA) is 64.9 Å². The Morgan fingerprint density at radius 1 is 1.42 bits per heavy atom. The second-order valence-corrected chi connectivity index (χ2v) is 6.45. The number of thiophene rings is 1. The molecule has 0 aliphatic rings. The first-order valence-electron chi connectivity index (χ1n) is 5.58. The van der Waals surface area contributed by atoms with Crippen molar-refractivity contribution in [3.05, 3.63) is 39.9 Å². The highest BCUT2D eigenvalue weighted by atomic mass is 79.9. The Morgan fingerprint density at radius 3 is 2.89 bits per heavy atom. The number of aromatic nitrogens is 2. The molecule has 6 heteroatoms. The molecule has 0 saturated heterocycles. The van der Waals surface area contributed by atoms with Crippen LogP contribution < -0.4 is 5.73 Å². The van der Waals surface area contributed by atoms with Crippen LogP contribution in [0.2, 0.25) is 0 Å². The van der Waals surface area contributed by atoms with E-state index in [1.54, 1.807) is 23.7 Å². The second-order valence-electron chi connectivity index (χ2n) is 4.08. The van der Waals surface area contributed by atoms with Crippen molar-refractivity contribution in [2.24, 2.45) is 0 Å². The Labute approximate surface area is 122 Å². The second kappa shape index (κ2) is 4.79. The van der Waals surface area contributed by atoms with Crippen molar-refractivity contribution in [2.45, 2.75) is 6.92 Å². The van der Waals surface area contributed by atoms with Crippen molar-refractivity contribution in [3.8, 4) is 21.7 Å². The molecule has 3 heterocycles. The van der Waals surface area contributed by atoms with Crippen LogP contribution in [0, 0.1) is 6.92 Å². The number of aryl methyl sites for hydroxylation is 1. The molecule has 2 N–H and O–H groups in total. The molecule has 0 aliphatic heterocycles. The van der Waals surface area contributed by atoms with Crippen LogP contribution in [0.4, 0.5) is 5.88 Å². The SMILES string of the molecule is Cc1cc(-c2noc(N)c2-c2cccnc2)sc1Br. The molecule has 3 aromatic rings. The standard InChI is InChI=1S/C13H10BrN3OS/c1-7-5-9(19-12(7)14)11-10(13(15)18-17-11)8-3-2-4-16-6-8/h2-6H,15H2,1H3. The van der Waals surface area contributed by atoms with E-state index >= 15 is 0 Å². The smallest absolute Gasteiger partial charge is 0.230 e. The molecule has 0 amide bonds. The minimum Gasteiger partial charge on any atom is -0.367 e. The lowest BCUT2D eigenvalue weighted by atomic mass is 10.1. The fourth-order valence-corrected chi connectivity index (χ4v) is 3.36. The molecule has 0 aromatic carbocycles. The highest BCUT2D eigenvalue weighted by Gasteiger charge is 2.19. The summed E-state index contributed by atoms with van der Waals surface area (Å²) in [6.45, 7) is 2.04. The molecule has 3 rings (SSSR count). The van der Waals surface area contributed by atoms with Crippen molar-refractivity contribution in [1.29, 1.82) is 0 Å². The van der Waals surface area contributed by atoms with E-state index in [1.807, 2.05) is 19.1 Å². The highest BCUT2D eigenvalue weighted by molar-refractivity contribution is 9.11. The number of nitrogens with zero attached hydrogens (tertiary/aromatic N) is 2. The predicted octanol–water partition coefficient (Wildman–Crippen LogP) is 4.12. The average Bonchev–Trinajstić information content (AvgIpc) is 2.95. The molecule has 0 spiro atoms. The lowest BCUT2D eigenvalue weighted by Gasteiger charge is -1.99. The largest absolute Gasteiger partial charge is 0.367 e. The first-order chi connectivity index (χ1) is 9.16. The van der Waals surface area contributed by atoms with Gasteiger partial charge in [-0.25, -0.2) is 0 Å². The van der Waals surface area contributed by atoms with E-state index in [0.717, 1.165) is 25.5 Å². The quantitative estimate of drug-likeness (QED) is 0.765. The van der Waals surface area contributed by atoms with Crippen molar-refractivity contribution in [3.63, 3.8) is 0 Å². The predicted molar refractivity (Wildman–Crippen MR) is 79.9 cm³/mol. The molecule has 0 fully saturated rings. The van der Waals surface area contributed by atoms with Crippen molar-refractivity contribution in [2.75, 3.05) is 5.73 Å². The van der Waals surface area contributed by atoms with Gasteiger partial charge in [-0.05, 0) is 40.5 Å². The number of pyridine rings is 1. The summed E-state index contributed by atoms with van der Waals surface area (Å²) in [5, 5.41) is 4.08. The molecule has 0 saturated carbocycles. The van der Waals surface area contributed by atoms with Crippen LogP contribution in [-0.4, -0.2) is 10.1 Å². The van der Waals surface area contributed by atoms with Gasteiger partial charge >= 0.3 is 0 Å². The number of nitrogens with two attached hydrogens (primary N) is 1. The molecule has 0 atom stereocenters. The van der Waals surface area contributed by atoms with E-state index in [-0.39, 0.29) is 0 Å². The number of nitrogen functional groups attached to an aromatic ring is 1. The maximum absolute atomic E-state index is 5.89. The molecule has 0 aliphatic carbocycles. The summed E-state index contributed by atoms with van der Waals surface area (Å²) in [5.74, 6) is 0.310. The van der Waals surface area contributed by atoms with E-state index < -0.39 is 0 Å². The first-order valence-corrected chi connectivity index (χ1v) is 7.19. The fraction of sp³-hybridized carbons (Fsp3) is 0.0769. The van der Waals surface area contributed by atoms with Crippen LogP contribution in [0.25, 0.3) is 21.7 Å². The Kier molecular flexibility index (Phi) is 3.12. The van der Waals surface area contributed by atoms with Gasteiger partial charge in [0, 0.05) is 18.0 Å². The van der Waals surface area contributed by atoms with Gasteiger partial charge in [0.2, 0.25) is 5.88 Å². The lowest BCUT2D eigenvalue weighted by molar-refractivity contribution is 0.439. The molecule has 0 radical (unpaired) electrons. The summed E-state index contributed by atoms with van der Waals surface area (Å²) in [4.78, 5) is 5.13. The van der Waals surface area contributed by atoms with Gasteiger partial charge < -0.3 is 10.3 Å². The molecule has 96 valence electrons. The number of halogens is 1. The van der Waals surface area contributed by atoms with Crippen molar-refractivity contribution >= 4 is 33.2 Å². The summed E-state index contributed by atoms with van der Waals surface area (Å²) < 4.78 is 6.23. The normalized spacial score (nSPS) is 10.8. The number of anilines is 1. The maximum Gasteiger partial charge on any atom is 0.230 e. The van der Waals surface area contributed by atoms with Gasteiger partial charge in [-0.1, -0.05) is 11.2 Å². The highest BCUT2D eigenvalue weighted by Crippen LogP contribution is 2.41. The zero-order chi connectivity index (χ0) is 13.4. The number of hydrogen-bond acceptors (Lipinski definition) is 5. The summed E-state index contributed by atoms with van der Waals surface area (Å²) >= 11 is 5.13. The molecule has 0 bridgehead atoms. The molecular weight excluding hydrogens is 326 g/mol. The zero-order valence-corrected chi connectivity index (χ0v) is 12.5. The van der Waals surface area contributed by atoms with E-state index in [9.17, 15) is 0 Å². The summed E-state index contributed by atoms with van der Waals surface area (Å²) in [7, 11) is 0. The van der Waals surface area contributed by atoms with Crippen LogP contribution in [-0.2, 0) is 0 Å². The van der Waals surface area contributed by atoms with E-state index in [2.05, 4.69) is 32.1 Å². The number of rotatable bonds is 2. The van der Waals surface area contributed by atoms with Gasteiger partial charge in [0.15, 0.2) is 0 Å². The molecule has 19 heavy (non-hydrogen) atoms. The van der Waals surface area contributed by atoms with Crippen LogP contribution >= 0.6 is 27.3 Å². The monoisotopic (exact) mass is 335 g/mol. The van der Waals surface area contributed by atoms with Crippen molar-refractivity contribution in [1.82, 2.24) is 10.1 Å². The van der Waals surface area contributed by atoms with Crippen LogP contribution in [0.3, 0.4) is 0 Å². The first kappa shape index (κ1) is 12.4. The molecule has 4 nitrogen and oxygen atoms in total. The summed E-state index contributed by atoms with van der Waals surface area (Å²) in [5.41, 5.74) is 9.51. The maximum atomic E-state index is 5.89. The summed E-state index contributed by atoms with van der Waals surface area (Å²) in [6.07, 6.45) is 3.47. The van der Waals surface area contributed by atoms with Gasteiger partial charge in [-0.2, -0.15) is 0 Å². The molecule has 0 unspecified atom stereocenters. The van der Waals surface area contributed by atoms with Gasteiger partial charge in [0.25, 0.3) is 0 Å². The van der Waals surface area contributed by atoms with Gasteiger partial charge in [0.05, 0.1) is 14.2 Å². The van der Waals surface area contributed by atoms with E-state index in [4.69, 9.17) is 10.3 Å². The third-order valence-corrected chi connectivity index (χ3v) is 4.90. The summed E-state index contributed by atoms with van der Waals surface area (Å²) in [6, 6.07) is 5.86. The zero-order valence-electron chi connectivity index (χ0n) is 10.1. The molecular formula is C13H10BrN3OS. The Bertz CT molecular complexity index is 701. The Hall–Kier alpha value is -1.66. The van der Waals surface area contributed by atoms with Crippen LogP contribution in [0.5, 0.6) is 0 Å². The molecule has 3 aromatic heterocycles. The van der Waals surface area contributed by atoms with E-state index in [0.29, 0.717) is 5.88 Å². The average molecular weight is 336 g/mol. The van der Waals surface area contributed by atoms with Gasteiger partial charge in [0.1, 0.15) is 5.69 Å². The van der Waals surface area contributed by atoms with E-state index in [1.165, 1.54) is 5.56 Å². The Balaban J connectivity index is 2.19. The van der Waals surface area contributed by atoms with Gasteiger partial charge in [-0.3, -0.25) is 4.98 Å². The third-order valence-electron chi connectivity index (χ3n) is 2.76. The minimum atomic E-state index is 0.310. The fourth-order valence-electron chi connectivity index (χ4n) is 1.84. The third kappa shape index (κ3) is 2.17. The van der Waals surface area contributed by atoms with Crippen LogP contribution in [0.1, 0.15) is 5.56 Å². The Morgan fingerprint density at radius 2 is 2.26 bits per heavy atom.